The Morgan fingerprint density at radius 1 is 0.960 bits per heavy atom. The van der Waals surface area contributed by atoms with Crippen LogP contribution in [0.2, 0.25) is 0 Å². The highest BCUT2D eigenvalue weighted by atomic mass is 16.6. The van der Waals surface area contributed by atoms with Gasteiger partial charge in [-0.1, -0.05) is 30.3 Å². The number of furan rings is 1. The van der Waals surface area contributed by atoms with Crippen LogP contribution < -0.4 is 5.43 Å². The number of nitrogens with one attached hydrogen (secondary N) is 1. The Balaban J connectivity index is 1.94. The maximum atomic E-state index is 12.0. The van der Waals surface area contributed by atoms with Crippen LogP contribution in [0.5, 0.6) is 0 Å². The molecular formula is C18H13N3O4. The molecule has 0 spiro atoms. The van der Waals surface area contributed by atoms with Crippen LogP contribution in [-0.4, -0.2) is 16.5 Å². The summed E-state index contributed by atoms with van der Waals surface area (Å²) in [4.78, 5) is 22.4. The van der Waals surface area contributed by atoms with Gasteiger partial charge in [-0.3, -0.25) is 14.9 Å². The first kappa shape index (κ1) is 16.1. The molecule has 0 saturated carbocycles. The zero-order chi connectivity index (χ0) is 17.6. The molecule has 0 fully saturated rings. The lowest BCUT2D eigenvalue weighted by Crippen LogP contribution is -2.20. The van der Waals surface area contributed by atoms with Gasteiger partial charge in [-0.05, 0) is 24.3 Å². The molecule has 3 rings (SSSR count). The number of hydrazone groups is 1. The lowest BCUT2D eigenvalue weighted by molar-refractivity contribution is -0.384. The minimum absolute atomic E-state index is 0.0178. The van der Waals surface area contributed by atoms with Crippen molar-refractivity contribution in [2.75, 3.05) is 0 Å². The third kappa shape index (κ3) is 3.78. The number of nitrogens with zero attached hydrogens (tertiary/aromatic N) is 2. The van der Waals surface area contributed by atoms with Crippen LogP contribution in [-0.2, 0) is 0 Å². The van der Waals surface area contributed by atoms with E-state index < -0.39 is 10.8 Å². The van der Waals surface area contributed by atoms with E-state index in [4.69, 9.17) is 4.42 Å². The van der Waals surface area contributed by atoms with Crippen molar-refractivity contribution in [3.05, 3.63) is 100.0 Å². The number of hydrogen-bond acceptors (Lipinski definition) is 5. The van der Waals surface area contributed by atoms with Crippen LogP contribution in [0.15, 0.2) is 82.5 Å². The number of carbonyl (C=O) groups is 1. The topological polar surface area (TPSA) is 97.7 Å². The van der Waals surface area contributed by atoms with Crippen molar-refractivity contribution >= 4 is 17.3 Å². The van der Waals surface area contributed by atoms with Crippen molar-refractivity contribution < 1.29 is 14.1 Å². The van der Waals surface area contributed by atoms with Gasteiger partial charge in [0.1, 0.15) is 0 Å². The summed E-state index contributed by atoms with van der Waals surface area (Å²) in [6.07, 6.45) is 1.40. The first-order valence-electron chi connectivity index (χ1n) is 7.37. The van der Waals surface area contributed by atoms with E-state index in [-0.39, 0.29) is 11.4 Å². The molecule has 0 bridgehead atoms. The maximum absolute atomic E-state index is 12.0. The second kappa shape index (κ2) is 7.22. The second-order valence-electron chi connectivity index (χ2n) is 5.05. The smallest absolute Gasteiger partial charge is 0.307 e. The van der Waals surface area contributed by atoms with Crippen LogP contribution >= 0.6 is 0 Å². The Hall–Kier alpha value is -3.74. The van der Waals surface area contributed by atoms with Crippen LogP contribution in [0.3, 0.4) is 0 Å². The first-order chi connectivity index (χ1) is 12.1. The molecule has 0 aliphatic carbocycles. The van der Waals surface area contributed by atoms with Gasteiger partial charge in [-0.25, -0.2) is 5.43 Å². The van der Waals surface area contributed by atoms with Gasteiger partial charge in [0.25, 0.3) is 5.69 Å². The monoisotopic (exact) mass is 335 g/mol. The summed E-state index contributed by atoms with van der Waals surface area (Å²) in [6, 6.07) is 18.3. The van der Waals surface area contributed by atoms with Gasteiger partial charge >= 0.3 is 5.91 Å². The summed E-state index contributed by atoms with van der Waals surface area (Å²) in [5, 5.41) is 15.0. The molecule has 7 nitrogen and oxygen atoms in total. The number of non-ortho nitro benzene ring substituents is 1. The third-order valence-electron chi connectivity index (χ3n) is 3.41. The lowest BCUT2D eigenvalue weighted by atomic mass is 10.0. The molecule has 1 heterocycles. The van der Waals surface area contributed by atoms with Gasteiger partial charge in [0.2, 0.25) is 0 Å². The van der Waals surface area contributed by atoms with E-state index in [0.29, 0.717) is 11.3 Å². The molecule has 3 aromatic rings. The summed E-state index contributed by atoms with van der Waals surface area (Å²) < 4.78 is 5.02. The summed E-state index contributed by atoms with van der Waals surface area (Å²) in [7, 11) is 0. The third-order valence-corrected chi connectivity index (χ3v) is 3.41. The number of nitro benzene ring substituents is 1. The zero-order valence-corrected chi connectivity index (χ0v) is 13.0. The van der Waals surface area contributed by atoms with Crippen molar-refractivity contribution in [3.8, 4) is 0 Å². The molecule has 1 aromatic heterocycles. The van der Waals surface area contributed by atoms with Gasteiger partial charge in [0.15, 0.2) is 5.76 Å². The fourth-order valence-corrected chi connectivity index (χ4v) is 2.20. The fraction of sp³-hybridized carbons (Fsp3) is 0. The van der Waals surface area contributed by atoms with Crippen LogP contribution in [0.25, 0.3) is 0 Å². The SMILES string of the molecule is O=C(N/N=C(\c1ccccc1)c1ccc([N+](=O)[O-])cc1)c1ccco1. The molecule has 124 valence electrons. The Morgan fingerprint density at radius 2 is 1.64 bits per heavy atom. The van der Waals surface area contributed by atoms with E-state index in [1.807, 2.05) is 30.3 Å². The number of nitro groups is 1. The summed E-state index contributed by atoms with van der Waals surface area (Å²) >= 11 is 0. The average Bonchev–Trinajstić information content (AvgIpc) is 3.18. The molecule has 1 N–H and O–H groups in total. The van der Waals surface area contributed by atoms with E-state index in [2.05, 4.69) is 10.5 Å². The standard InChI is InChI=1S/C18H13N3O4/c22-18(16-7-4-12-25-16)20-19-17(13-5-2-1-3-6-13)14-8-10-15(11-9-14)21(23)24/h1-12H,(H,20,22)/b19-17+. The molecule has 25 heavy (non-hydrogen) atoms. The number of hydrogen-bond donors (Lipinski definition) is 1. The molecule has 1 amide bonds. The Bertz CT molecular complexity index is 901. The molecule has 0 radical (unpaired) electrons. The summed E-state index contributed by atoms with van der Waals surface area (Å²) in [5.74, 6) is -0.347. The van der Waals surface area contributed by atoms with E-state index in [0.717, 1.165) is 5.56 Å². The molecule has 0 aliphatic rings. The minimum Gasteiger partial charge on any atom is -0.459 e. The van der Waals surface area contributed by atoms with Gasteiger partial charge < -0.3 is 4.42 Å². The second-order valence-corrected chi connectivity index (χ2v) is 5.05. The molecular weight excluding hydrogens is 322 g/mol. The maximum Gasteiger partial charge on any atom is 0.307 e. The Morgan fingerprint density at radius 3 is 2.24 bits per heavy atom. The van der Waals surface area contributed by atoms with Crippen LogP contribution in [0.4, 0.5) is 5.69 Å². The Labute approximate surface area is 142 Å². The predicted octanol–water partition coefficient (Wildman–Crippen LogP) is 3.37. The van der Waals surface area contributed by atoms with Crippen LogP contribution in [0.1, 0.15) is 21.7 Å². The molecule has 0 aliphatic heterocycles. The van der Waals surface area contributed by atoms with Crippen molar-refractivity contribution in [2.45, 2.75) is 0 Å². The molecule has 0 saturated heterocycles. The minimum atomic E-state index is -0.486. The number of benzene rings is 2. The highest BCUT2D eigenvalue weighted by Gasteiger charge is 2.12. The van der Waals surface area contributed by atoms with Gasteiger partial charge in [-0.15, -0.1) is 0 Å². The number of carbonyl (C=O) groups excluding carboxylic acids is 1. The van der Waals surface area contributed by atoms with Crippen molar-refractivity contribution in [1.82, 2.24) is 5.43 Å². The van der Waals surface area contributed by atoms with E-state index in [9.17, 15) is 14.9 Å². The zero-order valence-electron chi connectivity index (χ0n) is 13.0. The quantitative estimate of drug-likeness (QED) is 0.439. The van der Waals surface area contributed by atoms with Crippen molar-refractivity contribution in [1.29, 1.82) is 0 Å². The van der Waals surface area contributed by atoms with E-state index in [1.165, 1.54) is 24.5 Å². The first-order valence-corrected chi connectivity index (χ1v) is 7.37. The summed E-state index contributed by atoms with van der Waals surface area (Å²) in [6.45, 7) is 0. The van der Waals surface area contributed by atoms with E-state index in [1.54, 1.807) is 18.2 Å². The van der Waals surface area contributed by atoms with Crippen molar-refractivity contribution in [2.24, 2.45) is 5.10 Å². The van der Waals surface area contributed by atoms with Crippen molar-refractivity contribution in [3.63, 3.8) is 0 Å². The van der Waals surface area contributed by atoms with E-state index >= 15 is 0 Å². The molecule has 0 atom stereocenters. The average molecular weight is 335 g/mol. The predicted molar refractivity (Wildman–Crippen MR) is 91.4 cm³/mol. The molecule has 7 heteroatoms. The van der Waals surface area contributed by atoms with Gasteiger partial charge in [0.05, 0.1) is 16.9 Å². The Kier molecular flexibility index (Phi) is 4.66. The molecule has 2 aromatic carbocycles. The number of amides is 1. The highest BCUT2D eigenvalue weighted by Crippen LogP contribution is 2.16. The largest absolute Gasteiger partial charge is 0.459 e. The summed E-state index contributed by atoms with van der Waals surface area (Å²) in [5.41, 5.74) is 4.30. The normalized spacial score (nSPS) is 11.1. The lowest BCUT2D eigenvalue weighted by Gasteiger charge is -2.07. The van der Waals surface area contributed by atoms with Gasteiger partial charge in [-0.2, -0.15) is 5.10 Å². The number of rotatable bonds is 5. The molecule has 0 unspecified atom stereocenters. The van der Waals surface area contributed by atoms with Gasteiger partial charge in [0, 0.05) is 23.3 Å². The highest BCUT2D eigenvalue weighted by molar-refractivity contribution is 6.13. The fourth-order valence-electron chi connectivity index (χ4n) is 2.20. The van der Waals surface area contributed by atoms with Crippen LogP contribution in [0, 0.1) is 10.1 Å².